The molecule has 1 unspecified atom stereocenters. The minimum atomic E-state index is -1.18. The first-order valence-corrected chi connectivity index (χ1v) is 10.1. The van der Waals surface area contributed by atoms with Crippen LogP contribution in [-0.2, 0) is 19.2 Å². The van der Waals surface area contributed by atoms with E-state index in [0.717, 1.165) is 12.1 Å². The lowest BCUT2D eigenvalue weighted by Gasteiger charge is -2.22. The summed E-state index contributed by atoms with van der Waals surface area (Å²) in [7, 11) is 0. The van der Waals surface area contributed by atoms with Crippen LogP contribution in [0.25, 0.3) is 6.08 Å². The molecule has 0 saturated carbocycles. The number of ketones is 1. The average molecular weight is 460 g/mol. The Bertz CT molecular complexity index is 830. The van der Waals surface area contributed by atoms with E-state index in [1.165, 1.54) is 18.2 Å². The molecule has 4 N–H and O–H groups in total. The van der Waals surface area contributed by atoms with Crippen LogP contribution in [0, 0.1) is 11.7 Å². The van der Waals surface area contributed by atoms with Crippen molar-refractivity contribution in [2.75, 3.05) is 5.88 Å². The number of nitrogens with two attached hydrogens (primary N) is 1. The number of carbonyl (C=O) groups is 4. The molecule has 0 aliphatic carbocycles. The van der Waals surface area contributed by atoms with Gasteiger partial charge in [0, 0.05) is 16.7 Å². The number of hydrogen-bond donors (Lipinski definition) is 3. The van der Waals surface area contributed by atoms with Gasteiger partial charge in [-0.2, -0.15) is 0 Å². The zero-order valence-corrected chi connectivity index (χ0v) is 18.1. The lowest BCUT2D eigenvalue weighted by molar-refractivity contribution is -0.131. The van der Waals surface area contributed by atoms with Gasteiger partial charge in [0.25, 0.3) is 0 Å². The molecule has 164 valence electrons. The summed E-state index contributed by atoms with van der Waals surface area (Å²) in [6.07, 6.45) is 2.18. The van der Waals surface area contributed by atoms with E-state index in [1.807, 2.05) is 13.8 Å². The summed E-state index contributed by atoms with van der Waals surface area (Å²) in [6, 6.07) is 1.82. The van der Waals surface area contributed by atoms with E-state index in [-0.39, 0.29) is 22.9 Å². The van der Waals surface area contributed by atoms with Crippen molar-refractivity contribution in [2.24, 2.45) is 11.7 Å². The molecule has 1 aromatic rings. The number of alkyl halides is 1. The highest BCUT2D eigenvalue weighted by molar-refractivity contribution is 6.30. The number of nitrogens with one attached hydrogen (secondary N) is 2. The maximum Gasteiger partial charge on any atom is 0.244 e. The van der Waals surface area contributed by atoms with Gasteiger partial charge in [0.05, 0.1) is 18.3 Å². The highest BCUT2D eigenvalue weighted by atomic mass is 35.5. The Hall–Kier alpha value is -2.45. The molecule has 10 heteroatoms. The fourth-order valence-corrected chi connectivity index (χ4v) is 2.88. The van der Waals surface area contributed by atoms with Gasteiger partial charge < -0.3 is 16.4 Å². The molecule has 0 aliphatic heterocycles. The quantitative estimate of drug-likeness (QED) is 0.347. The number of benzene rings is 1. The summed E-state index contributed by atoms with van der Waals surface area (Å²) < 4.78 is 13.8. The van der Waals surface area contributed by atoms with E-state index in [1.54, 1.807) is 0 Å². The summed E-state index contributed by atoms with van der Waals surface area (Å²) >= 11 is 11.2. The summed E-state index contributed by atoms with van der Waals surface area (Å²) in [5, 5.41) is 5.15. The molecule has 0 saturated heterocycles. The number of rotatable bonds is 11. The zero-order valence-electron chi connectivity index (χ0n) is 16.6. The Kier molecular flexibility index (Phi) is 10.5. The van der Waals surface area contributed by atoms with Crippen molar-refractivity contribution in [3.63, 3.8) is 0 Å². The summed E-state index contributed by atoms with van der Waals surface area (Å²) in [4.78, 5) is 47.9. The van der Waals surface area contributed by atoms with Crippen LogP contribution in [-0.4, -0.2) is 41.5 Å². The fourth-order valence-electron chi connectivity index (χ4n) is 2.54. The Morgan fingerprint density at radius 1 is 1.17 bits per heavy atom. The number of primary amides is 1. The Labute approximate surface area is 184 Å². The van der Waals surface area contributed by atoms with Crippen molar-refractivity contribution < 1.29 is 23.6 Å². The van der Waals surface area contributed by atoms with E-state index in [9.17, 15) is 23.6 Å². The van der Waals surface area contributed by atoms with Gasteiger partial charge in [0.15, 0.2) is 5.78 Å². The smallest absolute Gasteiger partial charge is 0.244 e. The molecule has 0 spiro atoms. The minimum absolute atomic E-state index is 0.0251. The molecule has 30 heavy (non-hydrogen) atoms. The molecule has 1 rings (SSSR count). The summed E-state index contributed by atoms with van der Waals surface area (Å²) in [5.74, 6) is -3.63. The van der Waals surface area contributed by atoms with Gasteiger partial charge in [0.1, 0.15) is 11.9 Å². The van der Waals surface area contributed by atoms with Crippen LogP contribution in [0.3, 0.4) is 0 Å². The monoisotopic (exact) mass is 459 g/mol. The first-order chi connectivity index (χ1) is 14.0. The van der Waals surface area contributed by atoms with Gasteiger partial charge in [0.2, 0.25) is 17.7 Å². The van der Waals surface area contributed by atoms with Crippen LogP contribution >= 0.6 is 23.2 Å². The average Bonchev–Trinajstić information content (AvgIpc) is 2.64. The second-order valence-electron chi connectivity index (χ2n) is 7.02. The molecule has 0 fully saturated rings. The van der Waals surface area contributed by atoms with Gasteiger partial charge >= 0.3 is 0 Å². The second kappa shape index (κ2) is 12.3. The third kappa shape index (κ3) is 8.92. The van der Waals surface area contributed by atoms with Crippen molar-refractivity contribution in [3.05, 3.63) is 40.7 Å². The lowest BCUT2D eigenvalue weighted by atomic mass is 10.0. The first-order valence-electron chi connectivity index (χ1n) is 9.14. The van der Waals surface area contributed by atoms with Crippen LogP contribution in [0.5, 0.6) is 0 Å². The maximum atomic E-state index is 13.8. The standard InChI is InChI=1S/C20H24Cl2FN3O4/c1-11(2)7-16(20(30)26-15(9-18(24)28)17(27)10-21)25-19(29)6-4-12-3-5-13(22)8-14(12)23/h3-6,8,11,15-16H,7,9-10H2,1-2H3,(H2,24,28)(H,25,29)(H,26,30)/b6-4+/t15?,16-/m0/s1. The third-order valence-electron chi connectivity index (χ3n) is 3.96. The third-order valence-corrected chi connectivity index (χ3v) is 4.46. The lowest BCUT2D eigenvalue weighted by Crippen LogP contribution is -2.52. The maximum absolute atomic E-state index is 13.8. The molecular formula is C20H24Cl2FN3O4. The predicted molar refractivity (Wildman–Crippen MR) is 113 cm³/mol. The summed E-state index contributed by atoms with van der Waals surface area (Å²) in [6.45, 7) is 3.69. The molecule has 7 nitrogen and oxygen atoms in total. The highest BCUT2D eigenvalue weighted by Crippen LogP contribution is 2.15. The summed E-state index contributed by atoms with van der Waals surface area (Å²) in [5.41, 5.74) is 5.26. The second-order valence-corrected chi connectivity index (χ2v) is 7.73. The molecule has 1 aromatic carbocycles. The minimum Gasteiger partial charge on any atom is -0.370 e. The van der Waals surface area contributed by atoms with Gasteiger partial charge in [-0.3, -0.25) is 19.2 Å². The molecule has 0 aliphatic rings. The van der Waals surface area contributed by atoms with Crippen molar-refractivity contribution in [2.45, 2.75) is 38.8 Å². The van der Waals surface area contributed by atoms with Crippen molar-refractivity contribution in [3.8, 4) is 0 Å². The number of carbonyl (C=O) groups excluding carboxylic acids is 4. The van der Waals surface area contributed by atoms with Gasteiger partial charge in [-0.1, -0.05) is 31.5 Å². The van der Waals surface area contributed by atoms with Crippen LogP contribution in [0.4, 0.5) is 4.39 Å². The van der Waals surface area contributed by atoms with Crippen LogP contribution in [0.15, 0.2) is 24.3 Å². The van der Waals surface area contributed by atoms with Crippen LogP contribution < -0.4 is 16.4 Å². The van der Waals surface area contributed by atoms with Crippen molar-refractivity contribution in [1.82, 2.24) is 10.6 Å². The number of amides is 3. The highest BCUT2D eigenvalue weighted by Gasteiger charge is 2.27. The Morgan fingerprint density at radius 2 is 1.83 bits per heavy atom. The van der Waals surface area contributed by atoms with Gasteiger partial charge in [-0.25, -0.2) is 4.39 Å². The number of Topliss-reactive ketones (excluding diaryl/α,β-unsaturated/α-hetero) is 1. The van der Waals surface area contributed by atoms with Crippen LogP contribution in [0.2, 0.25) is 5.02 Å². The fraction of sp³-hybridized carbons (Fsp3) is 0.400. The molecule has 0 heterocycles. The first kappa shape index (κ1) is 25.6. The topological polar surface area (TPSA) is 118 Å². The van der Waals surface area contributed by atoms with Crippen molar-refractivity contribution in [1.29, 1.82) is 0 Å². The number of halogens is 3. The normalized spacial score (nSPS) is 13.1. The van der Waals surface area contributed by atoms with E-state index < -0.39 is 53.7 Å². The van der Waals surface area contributed by atoms with E-state index in [0.29, 0.717) is 0 Å². The Morgan fingerprint density at radius 3 is 2.37 bits per heavy atom. The van der Waals surface area contributed by atoms with Crippen molar-refractivity contribution >= 4 is 52.8 Å². The molecule has 0 radical (unpaired) electrons. The van der Waals surface area contributed by atoms with E-state index in [4.69, 9.17) is 28.9 Å². The number of hydrogen-bond acceptors (Lipinski definition) is 4. The zero-order chi connectivity index (χ0) is 22.8. The van der Waals surface area contributed by atoms with Crippen LogP contribution in [0.1, 0.15) is 32.3 Å². The van der Waals surface area contributed by atoms with Gasteiger partial charge in [-0.05, 0) is 30.5 Å². The van der Waals surface area contributed by atoms with E-state index in [2.05, 4.69) is 10.6 Å². The largest absolute Gasteiger partial charge is 0.370 e. The molecule has 0 bridgehead atoms. The van der Waals surface area contributed by atoms with E-state index >= 15 is 0 Å². The molecule has 0 aromatic heterocycles. The Balaban J connectivity index is 2.90. The molecule has 2 atom stereocenters. The molecule has 3 amide bonds. The molecular weight excluding hydrogens is 436 g/mol. The predicted octanol–water partition coefficient (Wildman–Crippen LogP) is 2.19. The van der Waals surface area contributed by atoms with Gasteiger partial charge in [-0.15, -0.1) is 11.6 Å². The SMILES string of the molecule is CC(C)C[C@H](NC(=O)/C=C/c1ccc(Cl)cc1F)C(=O)NC(CC(N)=O)C(=O)CCl.